The van der Waals surface area contributed by atoms with Crippen molar-refractivity contribution in [2.75, 3.05) is 26.4 Å². The highest BCUT2D eigenvalue weighted by atomic mass is 16.6. The van der Waals surface area contributed by atoms with Crippen molar-refractivity contribution in [3.05, 3.63) is 0 Å². The molecule has 0 aliphatic carbocycles. The van der Waals surface area contributed by atoms with Crippen molar-refractivity contribution in [2.24, 2.45) is 0 Å². The smallest absolute Gasteiger partial charge is 0.306 e. The molecular weight excluding hydrogens is 1080 g/mol. The summed E-state index contributed by atoms with van der Waals surface area (Å²) in [6.45, 7) is 8.84. The Hall–Kier alpha value is -2.16. The molecule has 0 heterocycles. The fourth-order valence-electron chi connectivity index (χ4n) is 12.1. The average Bonchev–Trinajstić information content (AvgIpc) is 3.61. The lowest BCUT2D eigenvalue weighted by Gasteiger charge is -2.21. The van der Waals surface area contributed by atoms with Crippen LogP contribution in [0.15, 0.2) is 0 Å². The topological polar surface area (TPSA) is 114 Å². The van der Waals surface area contributed by atoms with Crippen LogP contribution in [-0.2, 0) is 42.9 Å². The largest absolute Gasteiger partial charge is 0.462 e. The van der Waals surface area contributed by atoms with Gasteiger partial charge >= 0.3 is 23.9 Å². The van der Waals surface area contributed by atoms with E-state index in [-0.39, 0.29) is 50.3 Å². The molecule has 0 aromatic carbocycles. The first-order valence-electron chi connectivity index (χ1n) is 39.1. The van der Waals surface area contributed by atoms with Crippen molar-refractivity contribution in [1.29, 1.82) is 0 Å². The van der Waals surface area contributed by atoms with Gasteiger partial charge in [0.2, 0.25) is 0 Å². The number of carbonyl (C=O) groups excluding carboxylic acids is 4. The molecule has 0 fully saturated rings. The van der Waals surface area contributed by atoms with Crippen LogP contribution in [0.4, 0.5) is 0 Å². The fraction of sp³-hybridized carbons (Fsp3) is 0.949. The molecule has 0 N–H and O–H groups in total. The molecule has 0 saturated heterocycles. The third-order valence-electron chi connectivity index (χ3n) is 18.0. The van der Waals surface area contributed by atoms with Crippen molar-refractivity contribution < 1.29 is 42.9 Å². The Morgan fingerprint density at radius 3 is 0.517 bits per heavy atom. The molecule has 0 bridgehead atoms. The number of hydrogen-bond donors (Lipinski definition) is 0. The second kappa shape index (κ2) is 72.9. The van der Waals surface area contributed by atoms with Crippen molar-refractivity contribution in [3.63, 3.8) is 0 Å². The summed E-state index contributed by atoms with van der Waals surface area (Å²) in [4.78, 5) is 52.6. The number of rotatable bonds is 74. The minimum atomic E-state index is -0.803. The van der Waals surface area contributed by atoms with Gasteiger partial charge in [-0.1, -0.05) is 387 Å². The number of hydrogen-bond acceptors (Lipinski definition) is 9. The fourth-order valence-corrected chi connectivity index (χ4v) is 12.1. The quantitative estimate of drug-likeness (QED) is 0.0334. The van der Waals surface area contributed by atoms with Crippen molar-refractivity contribution in [3.8, 4) is 0 Å². The van der Waals surface area contributed by atoms with Gasteiger partial charge in [-0.3, -0.25) is 19.2 Å². The van der Waals surface area contributed by atoms with Gasteiger partial charge in [-0.2, -0.15) is 0 Å². The van der Waals surface area contributed by atoms with Crippen LogP contribution < -0.4 is 0 Å². The van der Waals surface area contributed by atoms with Gasteiger partial charge in [0, 0.05) is 25.7 Å². The first kappa shape index (κ1) is 84.8. The van der Waals surface area contributed by atoms with Gasteiger partial charge in [-0.05, 0) is 25.7 Å². The van der Waals surface area contributed by atoms with E-state index in [1.807, 2.05) is 0 Å². The molecule has 9 heteroatoms. The van der Waals surface area contributed by atoms with Crippen LogP contribution in [0.2, 0.25) is 0 Å². The SMILES string of the molecule is CCCCCCCCCCCCCCCCCC(=O)OCC(COCC(COC(=O)CCCCCCCCCCCCCCCCC)OC(=O)CCCCCCCCCCCCCCCCC)OC(=O)CCCCCCCCCCCCCCCCC. The highest BCUT2D eigenvalue weighted by Gasteiger charge is 2.22. The lowest BCUT2D eigenvalue weighted by Crippen LogP contribution is -2.34. The van der Waals surface area contributed by atoms with Crippen molar-refractivity contribution >= 4 is 23.9 Å². The maximum Gasteiger partial charge on any atom is 0.306 e. The van der Waals surface area contributed by atoms with E-state index in [2.05, 4.69) is 27.7 Å². The Bertz CT molecular complexity index is 1300. The molecule has 0 aliphatic rings. The highest BCUT2D eigenvalue weighted by molar-refractivity contribution is 5.71. The zero-order valence-corrected chi connectivity index (χ0v) is 58.9. The predicted octanol–water partition coefficient (Wildman–Crippen LogP) is 25.0. The number of esters is 4. The maximum absolute atomic E-state index is 13.3. The molecule has 0 radical (unpaired) electrons. The van der Waals surface area contributed by atoms with Crippen molar-refractivity contribution in [2.45, 2.75) is 451 Å². The summed E-state index contributed by atoms with van der Waals surface area (Å²) >= 11 is 0. The molecule has 2 atom stereocenters. The minimum Gasteiger partial charge on any atom is -0.462 e. The first-order chi connectivity index (χ1) is 42.9. The monoisotopic (exact) mass is 1230 g/mol. The molecule has 0 aromatic heterocycles. The maximum atomic E-state index is 13.3. The van der Waals surface area contributed by atoms with E-state index in [4.69, 9.17) is 23.7 Å². The van der Waals surface area contributed by atoms with E-state index in [0.29, 0.717) is 25.7 Å². The molecule has 516 valence electrons. The van der Waals surface area contributed by atoms with Crippen LogP contribution in [0.5, 0.6) is 0 Å². The molecule has 0 aliphatic heterocycles. The highest BCUT2D eigenvalue weighted by Crippen LogP contribution is 2.20. The lowest BCUT2D eigenvalue weighted by molar-refractivity contribution is -0.169. The van der Waals surface area contributed by atoms with E-state index in [0.717, 1.165) is 77.0 Å². The van der Waals surface area contributed by atoms with Crippen LogP contribution in [0.25, 0.3) is 0 Å². The van der Waals surface area contributed by atoms with E-state index >= 15 is 0 Å². The molecule has 0 spiro atoms. The van der Waals surface area contributed by atoms with Crippen LogP contribution in [0, 0.1) is 0 Å². The summed E-state index contributed by atoms with van der Waals surface area (Å²) in [5.74, 6) is -1.23. The summed E-state index contributed by atoms with van der Waals surface area (Å²) < 4.78 is 29.5. The molecular formula is C78H150O9. The number of carbonyl (C=O) groups is 4. The van der Waals surface area contributed by atoms with Crippen LogP contribution in [-0.4, -0.2) is 62.5 Å². The lowest BCUT2D eigenvalue weighted by atomic mass is 10.0. The third-order valence-corrected chi connectivity index (χ3v) is 18.0. The average molecular weight is 1230 g/mol. The standard InChI is InChI=1S/C78H150O9/c1-5-9-13-17-21-25-29-33-37-41-45-49-53-57-61-65-75(79)84-71-73(86-77(81)67-63-59-55-51-47-43-39-35-31-27-23-19-15-11-7-3)69-83-70-74(87-78(82)68-64-60-56-52-48-44-40-36-32-28-24-20-16-12-8-4)72-85-76(80)66-62-58-54-50-46-42-38-34-30-26-22-18-14-10-6-2/h73-74H,5-72H2,1-4H3. The van der Waals surface area contributed by atoms with Crippen LogP contribution in [0.3, 0.4) is 0 Å². The zero-order chi connectivity index (χ0) is 63.1. The normalized spacial score (nSPS) is 12.2. The minimum absolute atomic E-state index is 0.0307. The van der Waals surface area contributed by atoms with Gasteiger partial charge in [-0.25, -0.2) is 0 Å². The summed E-state index contributed by atoms with van der Waals surface area (Å²) in [7, 11) is 0. The Balaban J connectivity index is 5.20. The predicted molar refractivity (Wildman–Crippen MR) is 371 cm³/mol. The molecule has 0 saturated carbocycles. The van der Waals surface area contributed by atoms with Crippen LogP contribution in [0.1, 0.15) is 439 Å². The Morgan fingerprint density at radius 1 is 0.195 bits per heavy atom. The third kappa shape index (κ3) is 69.6. The van der Waals surface area contributed by atoms with E-state index in [9.17, 15) is 19.2 Å². The summed E-state index contributed by atoms with van der Waals surface area (Å²) in [5.41, 5.74) is 0. The Kier molecular flexibility index (Phi) is 71.1. The van der Waals surface area contributed by atoms with Crippen LogP contribution >= 0.6 is 0 Å². The van der Waals surface area contributed by atoms with Gasteiger partial charge in [0.25, 0.3) is 0 Å². The van der Waals surface area contributed by atoms with Gasteiger partial charge < -0.3 is 23.7 Å². The molecule has 2 unspecified atom stereocenters. The molecule has 0 amide bonds. The van der Waals surface area contributed by atoms with Gasteiger partial charge in [0.1, 0.15) is 13.2 Å². The first-order valence-corrected chi connectivity index (χ1v) is 39.1. The molecule has 87 heavy (non-hydrogen) atoms. The Morgan fingerprint density at radius 2 is 0.345 bits per heavy atom. The number of unbranched alkanes of at least 4 members (excludes halogenated alkanes) is 56. The summed E-state index contributed by atoms with van der Waals surface area (Å²) in [6.07, 6.45) is 75.2. The summed E-state index contributed by atoms with van der Waals surface area (Å²) in [6, 6.07) is 0. The molecule has 0 rings (SSSR count). The number of ether oxygens (including phenoxy) is 5. The zero-order valence-electron chi connectivity index (χ0n) is 58.9. The second-order valence-corrected chi connectivity index (χ2v) is 26.9. The van der Waals surface area contributed by atoms with E-state index in [1.54, 1.807) is 0 Å². The van der Waals surface area contributed by atoms with Crippen molar-refractivity contribution in [1.82, 2.24) is 0 Å². The van der Waals surface area contributed by atoms with Gasteiger partial charge in [-0.15, -0.1) is 0 Å². The second-order valence-electron chi connectivity index (χ2n) is 26.9. The van der Waals surface area contributed by atoms with Gasteiger partial charge in [0.15, 0.2) is 12.2 Å². The van der Waals surface area contributed by atoms with Gasteiger partial charge in [0.05, 0.1) is 13.2 Å². The summed E-state index contributed by atoms with van der Waals surface area (Å²) in [5, 5.41) is 0. The van der Waals surface area contributed by atoms with E-state index < -0.39 is 12.2 Å². The Labute approximate surface area is 541 Å². The molecule has 9 nitrogen and oxygen atoms in total. The molecule has 0 aromatic rings. The van der Waals surface area contributed by atoms with E-state index in [1.165, 1.54) is 308 Å².